The van der Waals surface area contributed by atoms with Gasteiger partial charge in [-0.15, -0.1) is 0 Å². The number of ether oxygens (including phenoxy) is 1. The molecule has 0 amide bonds. The van der Waals surface area contributed by atoms with Crippen LogP contribution in [-0.2, 0) is 6.18 Å². The lowest BCUT2D eigenvalue weighted by Gasteiger charge is -2.11. The Balaban J connectivity index is 2.11. The summed E-state index contributed by atoms with van der Waals surface area (Å²) < 4.78 is 45.9. The van der Waals surface area contributed by atoms with Gasteiger partial charge in [-0.1, -0.05) is 0 Å². The van der Waals surface area contributed by atoms with E-state index in [1.54, 1.807) is 23.3 Å². The Morgan fingerprint density at radius 3 is 2.71 bits per heavy atom. The van der Waals surface area contributed by atoms with Gasteiger partial charge in [0.25, 0.3) is 5.56 Å². The van der Waals surface area contributed by atoms with Crippen molar-refractivity contribution in [2.24, 2.45) is 0 Å². The van der Waals surface area contributed by atoms with Crippen LogP contribution >= 0.6 is 0 Å². The van der Waals surface area contributed by atoms with Crippen molar-refractivity contribution < 1.29 is 23.0 Å². The van der Waals surface area contributed by atoms with E-state index in [0.717, 1.165) is 6.20 Å². The van der Waals surface area contributed by atoms with E-state index in [-0.39, 0.29) is 18.9 Å². The Hall–Kier alpha value is -2.81. The van der Waals surface area contributed by atoms with Gasteiger partial charge >= 0.3 is 6.18 Å². The zero-order valence-electron chi connectivity index (χ0n) is 12.2. The minimum absolute atomic E-state index is 0.114. The number of rotatable bonds is 4. The fraction of sp³-hybridized carbons (Fsp3) is 0.200. The second-order valence-electron chi connectivity index (χ2n) is 4.99. The molecular formula is C15H12F3N3O3. The Morgan fingerprint density at radius 2 is 2.00 bits per heavy atom. The molecule has 1 aromatic carbocycles. The molecule has 24 heavy (non-hydrogen) atoms. The Morgan fingerprint density at radius 1 is 1.25 bits per heavy atom. The van der Waals surface area contributed by atoms with Crippen molar-refractivity contribution in [2.75, 3.05) is 13.2 Å². The number of aromatic amines is 1. The van der Waals surface area contributed by atoms with Crippen LogP contribution in [0.3, 0.4) is 0 Å². The molecule has 0 fully saturated rings. The first-order valence-electron chi connectivity index (χ1n) is 6.91. The molecule has 0 bridgehead atoms. The number of hydrogen-bond donors (Lipinski definition) is 2. The van der Waals surface area contributed by atoms with Gasteiger partial charge in [-0.05, 0) is 18.2 Å². The quantitative estimate of drug-likeness (QED) is 0.763. The van der Waals surface area contributed by atoms with Crippen molar-refractivity contribution in [1.82, 2.24) is 14.8 Å². The van der Waals surface area contributed by atoms with Gasteiger partial charge in [-0.2, -0.15) is 18.3 Å². The number of alkyl halides is 3. The van der Waals surface area contributed by atoms with Crippen LogP contribution in [0.5, 0.6) is 5.75 Å². The van der Waals surface area contributed by atoms with E-state index in [9.17, 15) is 18.0 Å². The number of H-pyrrole nitrogens is 1. The van der Waals surface area contributed by atoms with Crippen molar-refractivity contribution in [3.63, 3.8) is 0 Å². The van der Waals surface area contributed by atoms with E-state index in [1.165, 1.54) is 17.0 Å². The van der Waals surface area contributed by atoms with Crippen molar-refractivity contribution in [3.05, 3.63) is 52.7 Å². The highest BCUT2D eigenvalue weighted by molar-refractivity contribution is 5.84. The van der Waals surface area contributed by atoms with E-state index < -0.39 is 17.3 Å². The molecule has 6 nitrogen and oxygen atoms in total. The third kappa shape index (κ3) is 2.98. The van der Waals surface area contributed by atoms with E-state index in [1.807, 2.05) is 0 Å². The topological polar surface area (TPSA) is 80.1 Å². The number of hydrogen-bond acceptors (Lipinski definition) is 4. The normalized spacial score (nSPS) is 11.8. The molecular weight excluding hydrogens is 327 g/mol. The van der Waals surface area contributed by atoms with E-state index in [0.29, 0.717) is 16.5 Å². The third-order valence-corrected chi connectivity index (χ3v) is 3.37. The van der Waals surface area contributed by atoms with Crippen molar-refractivity contribution in [3.8, 4) is 11.4 Å². The van der Waals surface area contributed by atoms with E-state index >= 15 is 0 Å². The summed E-state index contributed by atoms with van der Waals surface area (Å²) in [5, 5.41) is 15.3. The number of benzene rings is 1. The molecule has 3 rings (SSSR count). The molecule has 0 aliphatic heterocycles. The summed E-state index contributed by atoms with van der Waals surface area (Å²) in [5.74, 6) is 0.481. The highest BCUT2D eigenvalue weighted by atomic mass is 19.4. The van der Waals surface area contributed by atoms with Gasteiger partial charge in [0, 0.05) is 23.2 Å². The van der Waals surface area contributed by atoms with Crippen LogP contribution in [0.1, 0.15) is 5.56 Å². The molecule has 9 heteroatoms. The minimum atomic E-state index is -4.81. The number of aliphatic hydroxyl groups is 1. The molecule has 0 saturated heterocycles. The molecule has 0 unspecified atom stereocenters. The van der Waals surface area contributed by atoms with E-state index in [2.05, 4.69) is 5.10 Å². The van der Waals surface area contributed by atoms with Gasteiger partial charge < -0.3 is 14.4 Å². The predicted octanol–water partition coefficient (Wildman–Crippen LogP) is 2.10. The fourth-order valence-electron chi connectivity index (χ4n) is 2.37. The van der Waals surface area contributed by atoms with Crippen LogP contribution < -0.4 is 10.3 Å². The van der Waals surface area contributed by atoms with Crippen LogP contribution in [0.25, 0.3) is 16.5 Å². The lowest BCUT2D eigenvalue weighted by Crippen LogP contribution is -2.25. The summed E-state index contributed by atoms with van der Waals surface area (Å²) in [7, 11) is 0. The average Bonchev–Trinajstić information content (AvgIpc) is 2.94. The highest BCUT2D eigenvalue weighted by Crippen LogP contribution is 2.32. The van der Waals surface area contributed by atoms with E-state index in [4.69, 9.17) is 9.84 Å². The van der Waals surface area contributed by atoms with Crippen LogP contribution in [-0.4, -0.2) is 33.1 Å². The van der Waals surface area contributed by atoms with Crippen LogP contribution in [0.2, 0.25) is 0 Å². The van der Waals surface area contributed by atoms with Crippen molar-refractivity contribution >= 4 is 10.8 Å². The van der Waals surface area contributed by atoms with Gasteiger partial charge in [0.1, 0.15) is 17.9 Å². The van der Waals surface area contributed by atoms with Gasteiger partial charge in [-0.25, -0.2) is 5.10 Å². The monoisotopic (exact) mass is 339 g/mol. The average molecular weight is 339 g/mol. The molecule has 2 N–H and O–H groups in total. The largest absolute Gasteiger partial charge is 0.491 e. The molecule has 2 heterocycles. The number of aliphatic hydroxyl groups excluding tert-OH is 1. The molecule has 0 atom stereocenters. The van der Waals surface area contributed by atoms with Crippen molar-refractivity contribution in [1.29, 1.82) is 0 Å². The van der Waals surface area contributed by atoms with Crippen molar-refractivity contribution in [2.45, 2.75) is 6.18 Å². The molecule has 126 valence electrons. The summed E-state index contributed by atoms with van der Waals surface area (Å²) in [5.41, 5.74) is -2.97. The fourth-order valence-corrected chi connectivity index (χ4v) is 2.37. The maximum absolute atomic E-state index is 13.1. The van der Waals surface area contributed by atoms with Crippen LogP contribution in [0, 0.1) is 0 Å². The maximum atomic E-state index is 13.1. The number of nitrogens with one attached hydrogen (secondary N) is 1. The SMILES string of the molecule is O=c1[nH]ncc(-n2cc3ccc(OCCO)cc3c2)c1C(F)(F)F. The summed E-state index contributed by atoms with van der Waals surface area (Å²) in [6.07, 6.45) is -0.937. The molecule has 2 aromatic heterocycles. The minimum Gasteiger partial charge on any atom is -0.491 e. The summed E-state index contributed by atoms with van der Waals surface area (Å²) >= 11 is 0. The third-order valence-electron chi connectivity index (χ3n) is 3.37. The number of halogens is 3. The molecule has 0 aliphatic rings. The first kappa shape index (κ1) is 16.1. The highest BCUT2D eigenvalue weighted by Gasteiger charge is 2.37. The lowest BCUT2D eigenvalue weighted by atomic mass is 10.2. The standard InChI is InChI=1S/C15H12F3N3O3/c16-15(17,18)13-12(6-19-20-14(13)23)21-7-9-1-2-11(24-4-3-22)5-10(9)8-21/h1-2,5-8,22H,3-4H2,(H,20,23). The van der Waals surface area contributed by atoms with Gasteiger partial charge in [0.2, 0.25) is 0 Å². The first-order valence-corrected chi connectivity index (χ1v) is 6.91. The predicted molar refractivity (Wildman–Crippen MR) is 79.3 cm³/mol. The second kappa shape index (κ2) is 6.00. The smallest absolute Gasteiger partial charge is 0.423 e. The second-order valence-corrected chi connectivity index (χ2v) is 4.99. The maximum Gasteiger partial charge on any atom is 0.423 e. The number of fused-ring (bicyclic) bond motifs is 1. The van der Waals surface area contributed by atoms with Gasteiger partial charge in [0.15, 0.2) is 0 Å². The van der Waals surface area contributed by atoms with Crippen LogP contribution in [0.15, 0.2) is 41.6 Å². The molecule has 0 spiro atoms. The molecule has 3 aromatic rings. The Labute approximate surface area is 133 Å². The Bertz CT molecular complexity index is 931. The van der Waals surface area contributed by atoms with Crippen LogP contribution in [0.4, 0.5) is 13.2 Å². The van der Waals surface area contributed by atoms with Gasteiger partial charge in [0.05, 0.1) is 18.5 Å². The molecule has 0 aliphatic carbocycles. The molecule has 0 radical (unpaired) electrons. The first-order chi connectivity index (χ1) is 11.4. The number of nitrogens with zero attached hydrogens (tertiary/aromatic N) is 2. The Kier molecular flexibility index (Phi) is 4.02. The zero-order chi connectivity index (χ0) is 17.3. The lowest BCUT2D eigenvalue weighted by molar-refractivity contribution is -0.138. The summed E-state index contributed by atoms with van der Waals surface area (Å²) in [6, 6.07) is 4.95. The summed E-state index contributed by atoms with van der Waals surface area (Å²) in [4.78, 5) is 11.6. The molecule has 0 saturated carbocycles. The zero-order valence-corrected chi connectivity index (χ0v) is 12.2. The van der Waals surface area contributed by atoms with Gasteiger partial charge in [-0.3, -0.25) is 4.79 Å². The number of aromatic nitrogens is 3. The summed E-state index contributed by atoms with van der Waals surface area (Å²) in [6.45, 7) is -0.0329.